The molecule has 1 saturated heterocycles. The second-order valence-electron chi connectivity index (χ2n) is 10.5. The fourth-order valence-electron chi connectivity index (χ4n) is 6.90. The monoisotopic (exact) mass is 560 g/mol. The summed E-state index contributed by atoms with van der Waals surface area (Å²) in [4.78, 5) is 45.9. The van der Waals surface area contributed by atoms with Crippen molar-refractivity contribution in [1.29, 1.82) is 0 Å². The molecule has 4 atom stereocenters. The third kappa shape index (κ3) is 3.54. The van der Waals surface area contributed by atoms with E-state index in [0.717, 1.165) is 11.3 Å². The molecule has 7 heteroatoms. The van der Waals surface area contributed by atoms with Crippen molar-refractivity contribution in [3.63, 3.8) is 0 Å². The number of carbonyl (C=O) groups excluding carboxylic acids is 3. The van der Waals surface area contributed by atoms with Gasteiger partial charge in [-0.2, -0.15) is 0 Å². The summed E-state index contributed by atoms with van der Waals surface area (Å²) in [6.07, 6.45) is 3.93. The topological polar surface area (TPSA) is 75.7 Å². The van der Waals surface area contributed by atoms with Gasteiger partial charge < -0.3 is 15.0 Å². The quantitative estimate of drug-likeness (QED) is 0.294. The summed E-state index contributed by atoms with van der Waals surface area (Å²) >= 11 is 6.58. The first kappa shape index (κ1) is 25.3. The Labute approximate surface area is 242 Å². The van der Waals surface area contributed by atoms with Crippen LogP contribution in [-0.2, 0) is 10.2 Å². The number of hydrogen-bond donors (Lipinski definition) is 1. The zero-order valence-corrected chi connectivity index (χ0v) is 22.8. The zero-order valence-electron chi connectivity index (χ0n) is 22.1. The molecule has 3 heterocycles. The molecule has 4 aromatic rings. The molecule has 0 aromatic heterocycles. The van der Waals surface area contributed by atoms with E-state index >= 15 is 0 Å². The summed E-state index contributed by atoms with van der Waals surface area (Å²) in [6.45, 7) is 0. The minimum Gasteiger partial charge on any atom is -0.497 e. The largest absolute Gasteiger partial charge is 0.497 e. The van der Waals surface area contributed by atoms with Gasteiger partial charge in [0.05, 0.1) is 24.1 Å². The van der Waals surface area contributed by atoms with Crippen molar-refractivity contribution in [3.8, 4) is 5.75 Å². The van der Waals surface area contributed by atoms with Gasteiger partial charge in [0.25, 0.3) is 0 Å². The standard InChI is InChI=1S/C34H25ClN2O4/c1-41-22-11-8-10-21(19-22)31(38)29-30(32(39)23-12-3-5-14-25(23)35)37-27-16-7-2-9-20(27)17-18-28(37)34(29)24-13-4-6-15-26(24)36-33(34)40/h2-19,28-30H,1H3,(H,36,40)/t28-,29-,30-,34+/m1/s1. The maximum absolute atomic E-state index is 14.8. The van der Waals surface area contributed by atoms with E-state index in [2.05, 4.69) is 5.32 Å². The number of benzene rings is 4. The molecule has 6 nitrogen and oxygen atoms in total. The first-order valence-corrected chi connectivity index (χ1v) is 13.8. The van der Waals surface area contributed by atoms with E-state index in [1.54, 1.807) is 48.5 Å². The number of para-hydroxylation sites is 2. The number of nitrogens with zero attached hydrogens (tertiary/aromatic N) is 1. The number of ketones is 2. The molecule has 0 saturated carbocycles. The van der Waals surface area contributed by atoms with Crippen molar-refractivity contribution >= 4 is 46.5 Å². The lowest BCUT2D eigenvalue weighted by Crippen LogP contribution is -2.51. The summed E-state index contributed by atoms with van der Waals surface area (Å²) in [5.74, 6) is -1.52. The highest BCUT2D eigenvalue weighted by atomic mass is 35.5. The third-order valence-electron chi connectivity index (χ3n) is 8.59. The van der Waals surface area contributed by atoms with Crippen LogP contribution in [0.5, 0.6) is 5.75 Å². The molecule has 0 aliphatic carbocycles. The van der Waals surface area contributed by atoms with Crippen LogP contribution in [0.3, 0.4) is 0 Å². The predicted octanol–water partition coefficient (Wildman–Crippen LogP) is 6.20. The van der Waals surface area contributed by atoms with Crippen LogP contribution in [0.4, 0.5) is 11.4 Å². The lowest BCUT2D eigenvalue weighted by atomic mass is 9.64. The molecule has 7 rings (SSSR count). The maximum Gasteiger partial charge on any atom is 0.238 e. The number of carbonyl (C=O) groups is 3. The maximum atomic E-state index is 14.8. The van der Waals surface area contributed by atoms with E-state index in [0.29, 0.717) is 33.1 Å². The first-order valence-electron chi connectivity index (χ1n) is 13.4. The Kier molecular flexibility index (Phi) is 5.84. The highest BCUT2D eigenvalue weighted by molar-refractivity contribution is 6.34. The molecule has 202 valence electrons. The fourth-order valence-corrected chi connectivity index (χ4v) is 7.12. The molecule has 0 unspecified atom stereocenters. The number of Topliss-reactive ketones (excluding diaryl/α,β-unsaturated/α-hetero) is 2. The third-order valence-corrected chi connectivity index (χ3v) is 8.92. The minimum atomic E-state index is -1.39. The highest BCUT2D eigenvalue weighted by Gasteiger charge is 2.70. The fraction of sp³-hybridized carbons (Fsp3) is 0.147. The van der Waals surface area contributed by atoms with Crippen molar-refractivity contribution in [1.82, 2.24) is 0 Å². The number of methoxy groups -OCH3 is 1. The van der Waals surface area contributed by atoms with Crippen LogP contribution >= 0.6 is 11.6 Å². The van der Waals surface area contributed by atoms with Crippen molar-refractivity contribution < 1.29 is 19.1 Å². The molecule has 1 fully saturated rings. The number of amides is 1. The Balaban J connectivity index is 1.55. The summed E-state index contributed by atoms with van der Waals surface area (Å²) < 4.78 is 5.42. The van der Waals surface area contributed by atoms with E-state index < -0.39 is 23.4 Å². The number of nitrogens with one attached hydrogen (secondary N) is 1. The lowest BCUT2D eigenvalue weighted by molar-refractivity contribution is -0.121. The summed E-state index contributed by atoms with van der Waals surface area (Å²) in [5, 5.41) is 3.33. The summed E-state index contributed by atoms with van der Waals surface area (Å²) in [6, 6.07) is 27.2. The lowest BCUT2D eigenvalue weighted by Gasteiger charge is -2.37. The van der Waals surface area contributed by atoms with Crippen LogP contribution in [-0.4, -0.2) is 36.7 Å². The molecule has 0 bridgehead atoms. The zero-order chi connectivity index (χ0) is 28.3. The van der Waals surface area contributed by atoms with Gasteiger partial charge in [0.1, 0.15) is 17.2 Å². The van der Waals surface area contributed by atoms with Crippen molar-refractivity contribution in [2.75, 3.05) is 17.3 Å². The summed E-state index contributed by atoms with van der Waals surface area (Å²) in [5.41, 5.74) is 2.29. The number of rotatable bonds is 5. The smallest absolute Gasteiger partial charge is 0.238 e. The van der Waals surface area contributed by atoms with Crippen molar-refractivity contribution in [3.05, 3.63) is 130 Å². The molecule has 1 N–H and O–H groups in total. The van der Waals surface area contributed by atoms with Gasteiger partial charge in [0.2, 0.25) is 5.91 Å². The van der Waals surface area contributed by atoms with E-state index in [1.165, 1.54) is 7.11 Å². The van der Waals surface area contributed by atoms with E-state index in [1.807, 2.05) is 65.6 Å². The number of anilines is 2. The number of ether oxygens (including phenoxy) is 1. The van der Waals surface area contributed by atoms with Gasteiger partial charge in [0, 0.05) is 22.5 Å². The molecular weight excluding hydrogens is 536 g/mol. The number of halogens is 1. The van der Waals surface area contributed by atoms with Crippen LogP contribution in [0, 0.1) is 5.92 Å². The molecule has 1 spiro atoms. The number of fused-ring (bicyclic) bond motifs is 6. The minimum absolute atomic E-state index is 0.291. The average molecular weight is 561 g/mol. The molecular formula is C34H25ClN2O4. The van der Waals surface area contributed by atoms with Crippen molar-refractivity contribution in [2.45, 2.75) is 17.5 Å². The van der Waals surface area contributed by atoms with Gasteiger partial charge in [-0.05, 0) is 47.5 Å². The van der Waals surface area contributed by atoms with E-state index in [9.17, 15) is 14.4 Å². The Bertz CT molecular complexity index is 1780. The SMILES string of the molecule is COc1cccc(C(=O)[C@H]2[C@H](C(=O)c3ccccc3Cl)N3c4ccccc4C=C[C@@H]3[C@]23C(=O)Nc2ccccc23)c1. The van der Waals surface area contributed by atoms with Gasteiger partial charge in [-0.1, -0.05) is 84.4 Å². The molecule has 41 heavy (non-hydrogen) atoms. The molecule has 3 aliphatic rings. The Morgan fingerprint density at radius 1 is 0.902 bits per heavy atom. The van der Waals surface area contributed by atoms with E-state index in [4.69, 9.17) is 16.3 Å². The Hall–Kier alpha value is -4.68. The van der Waals surface area contributed by atoms with Crippen LogP contribution in [0.25, 0.3) is 6.08 Å². The van der Waals surface area contributed by atoms with Crippen LogP contribution < -0.4 is 15.0 Å². The van der Waals surface area contributed by atoms with Crippen LogP contribution in [0.15, 0.2) is 103 Å². The van der Waals surface area contributed by atoms with Crippen molar-refractivity contribution in [2.24, 2.45) is 5.92 Å². The highest BCUT2D eigenvalue weighted by Crippen LogP contribution is 2.58. The molecule has 1 amide bonds. The van der Waals surface area contributed by atoms with Crippen LogP contribution in [0.2, 0.25) is 5.02 Å². The average Bonchev–Trinajstić information content (AvgIpc) is 3.49. The Morgan fingerprint density at radius 3 is 2.49 bits per heavy atom. The van der Waals surface area contributed by atoms with Gasteiger partial charge >= 0.3 is 0 Å². The molecule has 0 radical (unpaired) electrons. The van der Waals surface area contributed by atoms with Gasteiger partial charge in [-0.15, -0.1) is 0 Å². The van der Waals surface area contributed by atoms with Gasteiger partial charge in [-0.3, -0.25) is 14.4 Å². The van der Waals surface area contributed by atoms with Crippen LogP contribution in [0.1, 0.15) is 31.8 Å². The second kappa shape index (κ2) is 9.46. The number of hydrogen-bond acceptors (Lipinski definition) is 5. The first-order chi connectivity index (χ1) is 20.0. The van der Waals surface area contributed by atoms with Gasteiger partial charge in [-0.25, -0.2) is 0 Å². The molecule has 3 aliphatic heterocycles. The predicted molar refractivity (Wildman–Crippen MR) is 159 cm³/mol. The Morgan fingerprint density at radius 2 is 1.66 bits per heavy atom. The second-order valence-corrected chi connectivity index (χ2v) is 10.9. The molecule has 4 aromatic carbocycles. The van der Waals surface area contributed by atoms with E-state index in [-0.39, 0.29) is 17.5 Å². The van der Waals surface area contributed by atoms with Gasteiger partial charge in [0.15, 0.2) is 11.6 Å². The normalized spacial score (nSPS) is 23.5. The summed E-state index contributed by atoms with van der Waals surface area (Å²) in [7, 11) is 1.53.